The van der Waals surface area contributed by atoms with E-state index in [-0.39, 0.29) is 31.1 Å². The molecule has 0 radical (unpaired) electrons. The molecule has 1 heterocycles. The summed E-state index contributed by atoms with van der Waals surface area (Å²) in [5.74, 6) is -0.0994. The lowest BCUT2D eigenvalue weighted by atomic mass is 9.87. The van der Waals surface area contributed by atoms with Crippen molar-refractivity contribution in [3.8, 4) is 0 Å². The number of sulfonamides is 1. The molecule has 126 valence electrons. The van der Waals surface area contributed by atoms with E-state index in [9.17, 15) is 21.6 Å². The summed E-state index contributed by atoms with van der Waals surface area (Å²) < 4.78 is 72.0. The number of halogens is 3. The first-order valence-corrected chi connectivity index (χ1v) is 9.14. The first-order chi connectivity index (χ1) is 10.1. The Balaban J connectivity index is 1.92. The summed E-state index contributed by atoms with van der Waals surface area (Å²) in [4.78, 5) is 0. The van der Waals surface area contributed by atoms with Gasteiger partial charge in [-0.05, 0) is 38.5 Å². The molecule has 22 heavy (non-hydrogen) atoms. The van der Waals surface area contributed by atoms with E-state index in [1.807, 2.05) is 0 Å². The zero-order valence-corrected chi connectivity index (χ0v) is 13.3. The maximum atomic E-state index is 13.5. The van der Waals surface area contributed by atoms with Gasteiger partial charge >= 0.3 is 6.18 Å². The third kappa shape index (κ3) is 2.25. The molecular formula is C14H20F3NO3S. The van der Waals surface area contributed by atoms with E-state index in [0.29, 0.717) is 0 Å². The van der Waals surface area contributed by atoms with Crippen LogP contribution in [0.1, 0.15) is 58.3 Å². The van der Waals surface area contributed by atoms with Crippen LogP contribution in [-0.2, 0) is 14.8 Å². The monoisotopic (exact) mass is 339 g/mol. The van der Waals surface area contributed by atoms with Crippen LogP contribution in [0.5, 0.6) is 0 Å². The van der Waals surface area contributed by atoms with Crippen molar-refractivity contribution in [2.45, 2.75) is 74.8 Å². The van der Waals surface area contributed by atoms with Crippen LogP contribution in [0.25, 0.3) is 0 Å². The van der Waals surface area contributed by atoms with Crippen LogP contribution in [0.15, 0.2) is 4.40 Å². The summed E-state index contributed by atoms with van der Waals surface area (Å²) >= 11 is 0. The lowest BCUT2D eigenvalue weighted by molar-refractivity contribution is -0.251. The molecule has 1 unspecified atom stereocenters. The minimum atomic E-state index is -4.75. The Morgan fingerprint density at radius 3 is 2.32 bits per heavy atom. The molecular weight excluding hydrogens is 319 g/mol. The highest BCUT2D eigenvalue weighted by Crippen LogP contribution is 2.61. The third-order valence-electron chi connectivity index (χ3n) is 5.34. The third-order valence-corrected chi connectivity index (χ3v) is 7.57. The second kappa shape index (κ2) is 4.85. The average molecular weight is 339 g/mol. The smallest absolute Gasteiger partial charge is 0.429 e. The molecule has 0 bridgehead atoms. The minimum absolute atomic E-state index is 0.0500. The van der Waals surface area contributed by atoms with Crippen LogP contribution in [0.4, 0.5) is 13.2 Å². The summed E-state index contributed by atoms with van der Waals surface area (Å²) in [5, 5.41) is 0. The predicted molar refractivity (Wildman–Crippen MR) is 75.1 cm³/mol. The van der Waals surface area contributed by atoms with E-state index in [4.69, 9.17) is 4.74 Å². The van der Waals surface area contributed by atoms with E-state index < -0.39 is 26.5 Å². The molecule has 4 nitrogen and oxygen atoms in total. The Morgan fingerprint density at radius 1 is 1.23 bits per heavy atom. The van der Waals surface area contributed by atoms with Crippen molar-refractivity contribution in [3.63, 3.8) is 0 Å². The highest BCUT2D eigenvalue weighted by molar-refractivity contribution is 7.92. The molecule has 0 aromatic rings. The van der Waals surface area contributed by atoms with Crippen LogP contribution in [-0.4, -0.2) is 30.8 Å². The van der Waals surface area contributed by atoms with Gasteiger partial charge in [0.05, 0.1) is 0 Å². The molecule has 2 saturated carbocycles. The van der Waals surface area contributed by atoms with Gasteiger partial charge in [-0.3, -0.25) is 0 Å². The number of rotatable bonds is 2. The largest absolute Gasteiger partial charge is 0.462 e. The van der Waals surface area contributed by atoms with Crippen molar-refractivity contribution >= 4 is 15.9 Å². The molecule has 0 amide bonds. The number of alkyl halides is 3. The topological polar surface area (TPSA) is 55.7 Å². The summed E-state index contributed by atoms with van der Waals surface area (Å²) in [7, 11) is -4.20. The first-order valence-electron chi connectivity index (χ1n) is 7.70. The SMILES string of the molecule is CC1(C(F)(F)F)OC(CC2CCCCC2)=NS(=O)(=O)C12CC2. The van der Waals surface area contributed by atoms with Gasteiger partial charge in [0.15, 0.2) is 0 Å². The van der Waals surface area contributed by atoms with E-state index in [1.165, 1.54) is 0 Å². The second-order valence-corrected chi connectivity index (χ2v) is 8.71. The van der Waals surface area contributed by atoms with Crippen molar-refractivity contribution in [2.24, 2.45) is 10.3 Å². The summed E-state index contributed by atoms with van der Waals surface area (Å²) in [6.45, 7) is 0.854. The molecule has 2 aliphatic carbocycles. The highest BCUT2D eigenvalue weighted by Gasteiger charge is 2.79. The molecule has 0 N–H and O–H groups in total. The van der Waals surface area contributed by atoms with E-state index in [2.05, 4.69) is 4.40 Å². The first kappa shape index (κ1) is 16.1. The number of nitrogens with zero attached hydrogens (tertiary/aromatic N) is 1. The summed E-state index contributed by atoms with van der Waals surface area (Å²) in [6.07, 6.45) is 0.261. The zero-order chi connectivity index (χ0) is 16.2. The van der Waals surface area contributed by atoms with Crippen LogP contribution in [0, 0.1) is 5.92 Å². The van der Waals surface area contributed by atoms with Crippen molar-refractivity contribution in [3.05, 3.63) is 0 Å². The van der Waals surface area contributed by atoms with Gasteiger partial charge in [0.1, 0.15) is 4.75 Å². The maximum absolute atomic E-state index is 13.5. The number of ether oxygens (including phenoxy) is 1. The van der Waals surface area contributed by atoms with Gasteiger partial charge in [0.25, 0.3) is 10.0 Å². The summed E-state index contributed by atoms with van der Waals surface area (Å²) in [6, 6.07) is 0. The van der Waals surface area contributed by atoms with E-state index in [1.54, 1.807) is 0 Å². The van der Waals surface area contributed by atoms with Crippen molar-refractivity contribution in [1.82, 2.24) is 0 Å². The Kier molecular flexibility index (Phi) is 3.55. The van der Waals surface area contributed by atoms with Gasteiger partial charge in [-0.1, -0.05) is 19.3 Å². The Morgan fingerprint density at radius 2 is 1.82 bits per heavy atom. The Bertz CT molecular complexity index is 589. The minimum Gasteiger partial charge on any atom is -0.462 e. The molecule has 0 aromatic carbocycles. The van der Waals surface area contributed by atoms with Crippen LogP contribution in [0.2, 0.25) is 0 Å². The van der Waals surface area contributed by atoms with Gasteiger partial charge in [-0.15, -0.1) is 4.40 Å². The van der Waals surface area contributed by atoms with Crippen LogP contribution < -0.4 is 0 Å². The standard InChI is InChI=1S/C14H20F3NO3S/c1-12(14(15,16)17)13(7-8-13)22(19,20)18-11(21-12)9-10-5-3-2-4-6-10/h10H,2-9H2,1H3. The molecule has 3 rings (SSSR count). The van der Waals surface area contributed by atoms with Crippen LogP contribution >= 0.6 is 0 Å². The Labute approximate surface area is 128 Å². The lowest BCUT2D eigenvalue weighted by Crippen LogP contribution is -2.61. The average Bonchev–Trinajstić information content (AvgIpc) is 3.18. The van der Waals surface area contributed by atoms with Crippen molar-refractivity contribution in [1.29, 1.82) is 0 Å². The van der Waals surface area contributed by atoms with E-state index in [0.717, 1.165) is 39.0 Å². The summed E-state index contributed by atoms with van der Waals surface area (Å²) in [5.41, 5.74) is -2.69. The van der Waals surface area contributed by atoms with Gasteiger partial charge in [0, 0.05) is 6.42 Å². The van der Waals surface area contributed by atoms with E-state index >= 15 is 0 Å². The van der Waals surface area contributed by atoms with Gasteiger partial charge < -0.3 is 4.74 Å². The molecule has 3 aliphatic rings. The second-order valence-electron chi connectivity index (χ2n) is 6.80. The highest BCUT2D eigenvalue weighted by atomic mass is 32.2. The predicted octanol–water partition coefficient (Wildman–Crippen LogP) is 3.57. The quantitative estimate of drug-likeness (QED) is 0.773. The van der Waals surface area contributed by atoms with Gasteiger partial charge in [0.2, 0.25) is 11.5 Å². The molecule has 0 saturated heterocycles. The molecule has 1 aliphatic heterocycles. The molecule has 1 atom stereocenters. The molecule has 8 heteroatoms. The molecule has 1 spiro atoms. The fourth-order valence-electron chi connectivity index (χ4n) is 3.70. The lowest BCUT2D eigenvalue weighted by Gasteiger charge is -2.41. The van der Waals surface area contributed by atoms with Gasteiger partial charge in [-0.25, -0.2) is 8.42 Å². The van der Waals surface area contributed by atoms with Gasteiger partial charge in [-0.2, -0.15) is 13.2 Å². The molecule has 2 fully saturated rings. The fourth-order valence-corrected chi connectivity index (χ4v) is 5.52. The molecule has 0 aromatic heterocycles. The number of hydrogen-bond donors (Lipinski definition) is 0. The zero-order valence-electron chi connectivity index (χ0n) is 12.4. The van der Waals surface area contributed by atoms with Crippen LogP contribution in [0.3, 0.4) is 0 Å². The fraction of sp³-hybridized carbons (Fsp3) is 0.929. The Hall–Kier alpha value is -0.790. The number of hydrogen-bond acceptors (Lipinski definition) is 3. The van der Waals surface area contributed by atoms with Crippen molar-refractivity contribution < 1.29 is 26.3 Å². The van der Waals surface area contributed by atoms with Crippen molar-refractivity contribution in [2.75, 3.05) is 0 Å². The maximum Gasteiger partial charge on any atom is 0.429 e. The normalized spacial score (nSPS) is 34.1.